The van der Waals surface area contributed by atoms with Gasteiger partial charge in [0.25, 0.3) is 0 Å². The molecule has 80 valence electrons. The van der Waals surface area contributed by atoms with Gasteiger partial charge in [0.2, 0.25) is 0 Å². The second-order valence-corrected chi connectivity index (χ2v) is 3.32. The van der Waals surface area contributed by atoms with Crippen LogP contribution in [-0.2, 0) is 19.6 Å². The zero-order chi connectivity index (χ0) is 10.5. The Labute approximate surface area is 88.5 Å². The van der Waals surface area contributed by atoms with E-state index in [0.717, 1.165) is 25.3 Å². The second-order valence-electron chi connectivity index (χ2n) is 3.32. The molecule has 2 rings (SSSR count). The van der Waals surface area contributed by atoms with Crippen LogP contribution in [-0.4, -0.2) is 20.0 Å². The standard InChI is InChI=1S/C10H15N5/c1-2-15-10(4-6-13-15)8-11-7-9-3-5-12-14-9/h3-6,11H,2,7-8H2,1H3,(H,12,14). The van der Waals surface area contributed by atoms with E-state index >= 15 is 0 Å². The Kier molecular flexibility index (Phi) is 3.14. The maximum atomic E-state index is 4.21. The number of hydrogen-bond acceptors (Lipinski definition) is 3. The average Bonchev–Trinajstić information content (AvgIpc) is 2.88. The van der Waals surface area contributed by atoms with E-state index in [9.17, 15) is 0 Å². The maximum Gasteiger partial charge on any atom is 0.0522 e. The fraction of sp³-hybridized carbons (Fsp3) is 0.400. The molecule has 5 nitrogen and oxygen atoms in total. The fourth-order valence-corrected chi connectivity index (χ4v) is 1.50. The van der Waals surface area contributed by atoms with Gasteiger partial charge < -0.3 is 5.32 Å². The van der Waals surface area contributed by atoms with Crippen molar-refractivity contribution < 1.29 is 0 Å². The molecule has 0 aliphatic heterocycles. The van der Waals surface area contributed by atoms with Crippen molar-refractivity contribution in [2.75, 3.05) is 0 Å². The van der Waals surface area contributed by atoms with E-state index in [1.807, 2.05) is 23.0 Å². The fourth-order valence-electron chi connectivity index (χ4n) is 1.50. The summed E-state index contributed by atoms with van der Waals surface area (Å²) in [6, 6.07) is 3.99. The number of hydrogen-bond donors (Lipinski definition) is 2. The minimum absolute atomic E-state index is 0.800. The lowest BCUT2D eigenvalue weighted by molar-refractivity contribution is 0.578. The van der Waals surface area contributed by atoms with Crippen LogP contribution in [0.5, 0.6) is 0 Å². The van der Waals surface area contributed by atoms with Crippen molar-refractivity contribution in [3.05, 3.63) is 35.9 Å². The third kappa shape index (κ3) is 2.44. The molecule has 0 spiro atoms. The molecule has 0 unspecified atom stereocenters. The van der Waals surface area contributed by atoms with Crippen molar-refractivity contribution in [1.82, 2.24) is 25.3 Å². The van der Waals surface area contributed by atoms with E-state index in [4.69, 9.17) is 0 Å². The molecule has 2 aromatic rings. The highest BCUT2D eigenvalue weighted by Crippen LogP contribution is 1.99. The predicted octanol–water partition coefficient (Wildman–Crippen LogP) is 0.916. The summed E-state index contributed by atoms with van der Waals surface area (Å²) in [6.45, 7) is 4.63. The lowest BCUT2D eigenvalue weighted by Crippen LogP contribution is -2.16. The summed E-state index contributed by atoms with van der Waals surface area (Å²) >= 11 is 0. The Morgan fingerprint density at radius 1 is 1.33 bits per heavy atom. The van der Waals surface area contributed by atoms with Crippen LogP contribution in [0.25, 0.3) is 0 Å². The van der Waals surface area contributed by atoms with E-state index in [1.165, 1.54) is 5.69 Å². The molecule has 15 heavy (non-hydrogen) atoms. The molecule has 0 radical (unpaired) electrons. The van der Waals surface area contributed by atoms with Crippen LogP contribution in [0.4, 0.5) is 0 Å². The van der Waals surface area contributed by atoms with Crippen LogP contribution in [0, 0.1) is 0 Å². The first-order valence-electron chi connectivity index (χ1n) is 5.10. The molecule has 0 amide bonds. The first-order chi connectivity index (χ1) is 7.40. The van der Waals surface area contributed by atoms with E-state index in [2.05, 4.69) is 27.5 Å². The highest BCUT2D eigenvalue weighted by molar-refractivity contribution is 5.01. The van der Waals surface area contributed by atoms with E-state index < -0.39 is 0 Å². The molecule has 0 aliphatic rings. The van der Waals surface area contributed by atoms with Crippen LogP contribution in [0.15, 0.2) is 24.5 Å². The minimum atomic E-state index is 0.800. The predicted molar refractivity (Wildman–Crippen MR) is 57.0 cm³/mol. The average molecular weight is 205 g/mol. The van der Waals surface area contributed by atoms with Crippen LogP contribution >= 0.6 is 0 Å². The molecular weight excluding hydrogens is 190 g/mol. The van der Waals surface area contributed by atoms with Crippen LogP contribution in [0.3, 0.4) is 0 Å². The number of aromatic amines is 1. The topological polar surface area (TPSA) is 58.5 Å². The number of aromatic nitrogens is 4. The van der Waals surface area contributed by atoms with Gasteiger partial charge in [0.05, 0.1) is 5.69 Å². The van der Waals surface area contributed by atoms with Gasteiger partial charge in [0.15, 0.2) is 0 Å². The van der Waals surface area contributed by atoms with Crippen LogP contribution < -0.4 is 5.32 Å². The third-order valence-corrected chi connectivity index (χ3v) is 2.28. The van der Waals surface area contributed by atoms with Crippen molar-refractivity contribution in [2.24, 2.45) is 0 Å². The van der Waals surface area contributed by atoms with Gasteiger partial charge in [-0.25, -0.2) is 0 Å². The molecule has 2 aromatic heterocycles. The summed E-state index contributed by atoms with van der Waals surface area (Å²) < 4.78 is 1.99. The summed E-state index contributed by atoms with van der Waals surface area (Å²) in [5.74, 6) is 0. The third-order valence-electron chi connectivity index (χ3n) is 2.28. The molecule has 0 aromatic carbocycles. The number of aryl methyl sites for hydroxylation is 1. The van der Waals surface area contributed by atoms with Crippen molar-refractivity contribution >= 4 is 0 Å². The largest absolute Gasteiger partial charge is 0.306 e. The Bertz CT molecular complexity index is 390. The molecule has 0 bridgehead atoms. The molecule has 5 heteroatoms. The van der Waals surface area contributed by atoms with Gasteiger partial charge in [-0.2, -0.15) is 10.2 Å². The normalized spacial score (nSPS) is 10.7. The highest BCUT2D eigenvalue weighted by atomic mass is 15.3. The van der Waals surface area contributed by atoms with Crippen molar-refractivity contribution in [3.8, 4) is 0 Å². The molecule has 0 aliphatic carbocycles. The molecular formula is C10H15N5. The monoisotopic (exact) mass is 205 g/mol. The molecule has 0 fully saturated rings. The summed E-state index contributed by atoms with van der Waals surface area (Å²) in [6.07, 6.45) is 3.59. The number of H-pyrrole nitrogens is 1. The quantitative estimate of drug-likeness (QED) is 0.763. The number of rotatable bonds is 5. The van der Waals surface area contributed by atoms with Crippen molar-refractivity contribution in [1.29, 1.82) is 0 Å². The van der Waals surface area contributed by atoms with Crippen LogP contribution in [0.2, 0.25) is 0 Å². The lowest BCUT2D eigenvalue weighted by atomic mass is 10.4. The molecule has 2 N–H and O–H groups in total. The number of nitrogens with zero attached hydrogens (tertiary/aromatic N) is 3. The minimum Gasteiger partial charge on any atom is -0.306 e. The smallest absolute Gasteiger partial charge is 0.0522 e. The summed E-state index contributed by atoms with van der Waals surface area (Å²) in [4.78, 5) is 0. The SMILES string of the molecule is CCn1nccc1CNCc1ccn[nH]1. The van der Waals surface area contributed by atoms with Gasteiger partial charge >= 0.3 is 0 Å². The zero-order valence-corrected chi connectivity index (χ0v) is 8.77. The first kappa shape index (κ1) is 9.92. The Balaban J connectivity index is 1.83. The van der Waals surface area contributed by atoms with E-state index in [-0.39, 0.29) is 0 Å². The maximum absolute atomic E-state index is 4.21. The lowest BCUT2D eigenvalue weighted by Gasteiger charge is -2.05. The van der Waals surface area contributed by atoms with Gasteiger partial charge in [-0.1, -0.05) is 0 Å². The first-order valence-corrected chi connectivity index (χ1v) is 5.10. The van der Waals surface area contributed by atoms with E-state index in [1.54, 1.807) is 6.20 Å². The summed E-state index contributed by atoms with van der Waals surface area (Å²) in [5.41, 5.74) is 2.30. The zero-order valence-electron chi connectivity index (χ0n) is 8.77. The molecule has 0 saturated carbocycles. The summed E-state index contributed by atoms with van der Waals surface area (Å²) in [7, 11) is 0. The molecule has 0 atom stereocenters. The van der Waals surface area contributed by atoms with Gasteiger partial charge in [0.1, 0.15) is 0 Å². The van der Waals surface area contributed by atoms with Crippen molar-refractivity contribution in [2.45, 2.75) is 26.6 Å². The summed E-state index contributed by atoms with van der Waals surface area (Å²) in [5, 5.41) is 14.3. The number of nitrogens with one attached hydrogen (secondary N) is 2. The molecule has 2 heterocycles. The van der Waals surface area contributed by atoms with E-state index in [0.29, 0.717) is 0 Å². The Morgan fingerprint density at radius 3 is 3.00 bits per heavy atom. The van der Waals surface area contributed by atoms with Crippen LogP contribution in [0.1, 0.15) is 18.3 Å². The van der Waals surface area contributed by atoms with Gasteiger partial charge in [-0.05, 0) is 19.1 Å². The van der Waals surface area contributed by atoms with Gasteiger partial charge in [0, 0.05) is 37.7 Å². The van der Waals surface area contributed by atoms with Gasteiger partial charge in [-0.3, -0.25) is 9.78 Å². The Morgan fingerprint density at radius 2 is 2.27 bits per heavy atom. The molecule has 0 saturated heterocycles. The van der Waals surface area contributed by atoms with Crippen molar-refractivity contribution in [3.63, 3.8) is 0 Å². The Hall–Kier alpha value is -1.62. The highest BCUT2D eigenvalue weighted by Gasteiger charge is 1.99. The second kappa shape index (κ2) is 4.75. The van der Waals surface area contributed by atoms with Gasteiger partial charge in [-0.15, -0.1) is 0 Å².